The third-order valence-corrected chi connectivity index (χ3v) is 3.08. The number of rotatable bonds is 4. The summed E-state index contributed by atoms with van der Waals surface area (Å²) >= 11 is 3.06. The van der Waals surface area contributed by atoms with E-state index in [1.165, 1.54) is 18.5 Å². The van der Waals surface area contributed by atoms with Gasteiger partial charge in [0.15, 0.2) is 5.75 Å². The van der Waals surface area contributed by atoms with Crippen molar-refractivity contribution in [3.05, 3.63) is 40.5 Å². The van der Waals surface area contributed by atoms with E-state index in [0.717, 1.165) is 18.5 Å². The van der Waals surface area contributed by atoms with Gasteiger partial charge >= 0.3 is 0 Å². The van der Waals surface area contributed by atoms with Gasteiger partial charge in [-0.25, -0.2) is 14.4 Å². The standard InChI is InChI=1S/C13H13BrFN3O/c1-2-3-8-4-13(18-7-17-8)19-12-6-10(15)9(14)5-11(12)16/h4-7H,2-3,16H2,1H3. The molecule has 0 saturated heterocycles. The number of aromatic nitrogens is 2. The molecule has 2 aromatic rings. The number of benzene rings is 1. The van der Waals surface area contributed by atoms with Crippen molar-refractivity contribution in [1.82, 2.24) is 9.97 Å². The average molecular weight is 326 g/mol. The average Bonchev–Trinajstić information content (AvgIpc) is 2.37. The molecule has 0 radical (unpaired) electrons. The molecule has 1 aromatic carbocycles. The minimum Gasteiger partial charge on any atom is -0.437 e. The van der Waals surface area contributed by atoms with Crippen LogP contribution >= 0.6 is 15.9 Å². The van der Waals surface area contributed by atoms with Gasteiger partial charge in [-0.05, 0) is 28.4 Å². The molecule has 0 unspecified atom stereocenters. The van der Waals surface area contributed by atoms with Crippen molar-refractivity contribution in [3.63, 3.8) is 0 Å². The Morgan fingerprint density at radius 3 is 2.84 bits per heavy atom. The number of hydrogen-bond acceptors (Lipinski definition) is 4. The molecule has 100 valence electrons. The molecule has 0 amide bonds. The Morgan fingerprint density at radius 2 is 2.11 bits per heavy atom. The molecule has 6 heteroatoms. The maximum absolute atomic E-state index is 13.4. The molecule has 0 aliphatic rings. The van der Waals surface area contributed by atoms with Gasteiger partial charge in [0.25, 0.3) is 0 Å². The van der Waals surface area contributed by atoms with Gasteiger partial charge < -0.3 is 10.5 Å². The van der Waals surface area contributed by atoms with Crippen LogP contribution in [0.4, 0.5) is 10.1 Å². The Kier molecular flexibility index (Phi) is 4.31. The normalized spacial score (nSPS) is 10.5. The van der Waals surface area contributed by atoms with Gasteiger partial charge in [0.2, 0.25) is 5.88 Å². The molecule has 0 bridgehead atoms. The van der Waals surface area contributed by atoms with E-state index in [1.807, 2.05) is 0 Å². The SMILES string of the molecule is CCCc1cc(Oc2cc(F)c(Br)cc2N)ncn1. The summed E-state index contributed by atoms with van der Waals surface area (Å²) in [5.74, 6) is 0.153. The second kappa shape index (κ2) is 5.97. The molecule has 0 aliphatic heterocycles. The molecule has 0 atom stereocenters. The topological polar surface area (TPSA) is 61.0 Å². The molecule has 0 saturated carbocycles. The highest BCUT2D eigenvalue weighted by molar-refractivity contribution is 9.10. The van der Waals surface area contributed by atoms with Crippen LogP contribution < -0.4 is 10.5 Å². The minimum absolute atomic E-state index is 0.238. The molecule has 0 aliphatic carbocycles. The first-order valence-electron chi connectivity index (χ1n) is 5.83. The second-order valence-electron chi connectivity index (χ2n) is 4.00. The van der Waals surface area contributed by atoms with Crippen molar-refractivity contribution in [2.24, 2.45) is 0 Å². The van der Waals surface area contributed by atoms with Crippen molar-refractivity contribution in [1.29, 1.82) is 0 Å². The Bertz CT molecular complexity index is 592. The lowest BCUT2D eigenvalue weighted by atomic mass is 10.2. The predicted molar refractivity (Wildman–Crippen MR) is 74.6 cm³/mol. The highest BCUT2D eigenvalue weighted by atomic mass is 79.9. The van der Waals surface area contributed by atoms with Crippen LogP contribution in [0.15, 0.2) is 29.0 Å². The van der Waals surface area contributed by atoms with Gasteiger partial charge in [-0.15, -0.1) is 0 Å². The molecular formula is C13H13BrFN3O. The van der Waals surface area contributed by atoms with Crippen molar-refractivity contribution < 1.29 is 9.13 Å². The largest absolute Gasteiger partial charge is 0.437 e. The van der Waals surface area contributed by atoms with Gasteiger partial charge in [-0.2, -0.15) is 0 Å². The molecule has 2 rings (SSSR count). The molecule has 2 N–H and O–H groups in total. The van der Waals surface area contributed by atoms with E-state index in [2.05, 4.69) is 32.8 Å². The van der Waals surface area contributed by atoms with Crippen LogP contribution in [0.2, 0.25) is 0 Å². The van der Waals surface area contributed by atoms with E-state index >= 15 is 0 Å². The van der Waals surface area contributed by atoms with Crippen LogP contribution in [0.3, 0.4) is 0 Å². The van der Waals surface area contributed by atoms with E-state index in [4.69, 9.17) is 10.5 Å². The summed E-state index contributed by atoms with van der Waals surface area (Å²) in [6, 6.07) is 4.41. The fraction of sp³-hybridized carbons (Fsp3) is 0.231. The number of nitrogen functional groups attached to an aromatic ring is 1. The predicted octanol–water partition coefficient (Wildman–Crippen LogP) is 3.71. The lowest BCUT2D eigenvalue weighted by molar-refractivity contribution is 0.457. The van der Waals surface area contributed by atoms with Gasteiger partial charge in [-0.1, -0.05) is 13.3 Å². The van der Waals surface area contributed by atoms with E-state index in [0.29, 0.717) is 16.0 Å². The van der Waals surface area contributed by atoms with E-state index in [1.54, 1.807) is 6.07 Å². The van der Waals surface area contributed by atoms with E-state index in [9.17, 15) is 4.39 Å². The van der Waals surface area contributed by atoms with Gasteiger partial charge in [0.1, 0.15) is 12.1 Å². The van der Waals surface area contributed by atoms with Crippen LogP contribution in [-0.4, -0.2) is 9.97 Å². The lowest BCUT2D eigenvalue weighted by Gasteiger charge is -2.09. The molecular weight excluding hydrogens is 313 g/mol. The van der Waals surface area contributed by atoms with Crippen LogP contribution in [0.1, 0.15) is 19.0 Å². The first-order valence-corrected chi connectivity index (χ1v) is 6.62. The summed E-state index contributed by atoms with van der Waals surface area (Å²) in [7, 11) is 0. The highest BCUT2D eigenvalue weighted by Crippen LogP contribution is 2.31. The third kappa shape index (κ3) is 3.41. The zero-order valence-corrected chi connectivity index (χ0v) is 11.9. The summed E-state index contributed by atoms with van der Waals surface area (Å²) in [6.45, 7) is 2.06. The molecule has 0 fully saturated rings. The van der Waals surface area contributed by atoms with Gasteiger partial charge in [0, 0.05) is 17.8 Å². The Hall–Kier alpha value is -1.69. The summed E-state index contributed by atoms with van der Waals surface area (Å²) in [4.78, 5) is 8.11. The maximum atomic E-state index is 13.4. The Morgan fingerprint density at radius 1 is 1.32 bits per heavy atom. The minimum atomic E-state index is -0.438. The Balaban J connectivity index is 2.25. The molecule has 0 spiro atoms. The van der Waals surface area contributed by atoms with Crippen molar-refractivity contribution in [2.45, 2.75) is 19.8 Å². The number of hydrogen-bond donors (Lipinski definition) is 1. The number of nitrogens with zero attached hydrogens (tertiary/aromatic N) is 2. The maximum Gasteiger partial charge on any atom is 0.222 e. The fourth-order valence-corrected chi connectivity index (χ4v) is 1.93. The monoisotopic (exact) mass is 325 g/mol. The quantitative estimate of drug-likeness (QED) is 0.870. The summed E-state index contributed by atoms with van der Waals surface area (Å²) < 4.78 is 19.2. The number of nitrogens with two attached hydrogens (primary N) is 1. The molecule has 19 heavy (non-hydrogen) atoms. The van der Waals surface area contributed by atoms with Crippen LogP contribution in [0, 0.1) is 5.82 Å². The zero-order valence-electron chi connectivity index (χ0n) is 10.4. The number of aryl methyl sites for hydroxylation is 1. The molecule has 4 nitrogen and oxygen atoms in total. The second-order valence-corrected chi connectivity index (χ2v) is 4.86. The Labute approximate surface area is 119 Å². The molecule has 1 heterocycles. The lowest BCUT2D eigenvalue weighted by Crippen LogP contribution is -1.97. The number of halogens is 2. The van der Waals surface area contributed by atoms with Crippen LogP contribution in [0.25, 0.3) is 0 Å². The third-order valence-electron chi connectivity index (χ3n) is 2.47. The number of ether oxygens (including phenoxy) is 1. The summed E-state index contributed by atoms with van der Waals surface area (Å²) in [5, 5.41) is 0. The number of anilines is 1. The van der Waals surface area contributed by atoms with Gasteiger partial charge in [-0.3, -0.25) is 0 Å². The highest BCUT2D eigenvalue weighted by Gasteiger charge is 2.09. The zero-order chi connectivity index (χ0) is 13.8. The van der Waals surface area contributed by atoms with Crippen molar-refractivity contribution >= 4 is 21.6 Å². The van der Waals surface area contributed by atoms with Crippen molar-refractivity contribution in [2.75, 3.05) is 5.73 Å². The van der Waals surface area contributed by atoms with Crippen LogP contribution in [0.5, 0.6) is 11.6 Å². The first kappa shape index (κ1) is 13.7. The molecule has 1 aromatic heterocycles. The van der Waals surface area contributed by atoms with Gasteiger partial charge in [0.05, 0.1) is 10.2 Å². The smallest absolute Gasteiger partial charge is 0.222 e. The van der Waals surface area contributed by atoms with Crippen LogP contribution in [-0.2, 0) is 6.42 Å². The summed E-state index contributed by atoms with van der Waals surface area (Å²) in [6.07, 6.45) is 3.24. The summed E-state index contributed by atoms with van der Waals surface area (Å²) in [5.41, 5.74) is 6.99. The first-order chi connectivity index (χ1) is 9.10. The van der Waals surface area contributed by atoms with Crippen molar-refractivity contribution in [3.8, 4) is 11.6 Å². The fourth-order valence-electron chi connectivity index (χ4n) is 1.57. The van der Waals surface area contributed by atoms with E-state index < -0.39 is 5.82 Å². The van der Waals surface area contributed by atoms with E-state index in [-0.39, 0.29) is 5.75 Å².